The molecular weight excluding hydrogens is 2820 g/mol. The van der Waals surface area contributed by atoms with Gasteiger partial charge in [-0.1, -0.05) is 231 Å². The molecule has 3 unspecified atom stereocenters. The number of nitrogens with two attached hydrogens (primary N) is 1. The first-order chi connectivity index (χ1) is 60.3. The van der Waals surface area contributed by atoms with E-state index in [0.29, 0.717) is 38.4 Å². The second kappa shape index (κ2) is 86.1. The number of ether oxygens (including phenoxy) is 5. The summed E-state index contributed by atoms with van der Waals surface area (Å²) in [6, 6.07) is 16.0. The van der Waals surface area contributed by atoms with Crippen molar-refractivity contribution in [2.45, 2.75) is 142 Å². The predicted molar refractivity (Wildman–Crippen MR) is 575 cm³/mol. The van der Waals surface area contributed by atoms with Gasteiger partial charge in [0.1, 0.15) is 46.3 Å². The third-order valence-corrected chi connectivity index (χ3v) is 22.4. The van der Waals surface area contributed by atoms with E-state index in [1.165, 1.54) is 150 Å². The number of thiazole rings is 2. The summed E-state index contributed by atoms with van der Waals surface area (Å²) in [4.78, 5) is 123. The number of nitrogen functional groups attached to an aromatic ring is 1. The molecule has 4 N–H and O–H groups in total. The Bertz CT molecular complexity index is 4810. The van der Waals surface area contributed by atoms with Crippen LogP contribution in [0.2, 0.25) is 0 Å². The van der Waals surface area contributed by atoms with Crippen LogP contribution >= 0.6 is 216 Å². The Morgan fingerprint density at radius 3 is 1.39 bits per heavy atom. The topological polar surface area (TPSA) is 317 Å². The zero-order valence-corrected chi connectivity index (χ0v) is 98.1. The minimum atomic E-state index is -1.25. The number of esters is 5. The van der Waals surface area contributed by atoms with E-state index < -0.39 is 117 Å². The van der Waals surface area contributed by atoms with E-state index in [0.717, 1.165) is 82.9 Å². The summed E-state index contributed by atoms with van der Waals surface area (Å²) < 4.78 is 168. The van der Waals surface area contributed by atoms with Crippen molar-refractivity contribution in [3.63, 3.8) is 0 Å². The average molecular weight is 2930 g/mol. The summed E-state index contributed by atoms with van der Waals surface area (Å²) in [5, 5.41) is 14.7. The van der Waals surface area contributed by atoms with Crippen molar-refractivity contribution in [1.82, 2.24) is 15.3 Å². The summed E-state index contributed by atoms with van der Waals surface area (Å²) in [6.07, 6.45) is 11.1. The Hall–Kier alpha value is -3.66. The summed E-state index contributed by atoms with van der Waals surface area (Å²) in [6.45, 7) is 22.2. The van der Waals surface area contributed by atoms with Crippen molar-refractivity contribution in [3.8, 4) is 0 Å². The number of nitrogens with one attached hydrogen (secondary N) is 2. The monoisotopic (exact) mass is 2930 g/mol. The average Bonchev–Trinajstić information content (AvgIpc) is 0.937. The van der Waals surface area contributed by atoms with Gasteiger partial charge < -0.3 is 64.8 Å². The molecule has 0 bridgehead atoms. The number of nitrogens with zero attached hydrogens (tertiary/aromatic N) is 3. The SMILES string of the molecule is C.CCC(I)(I)I.CCC(I)I.CCCI.CCI.CC[CH-]I.COC(=O)/C(=C\c1ccc(F)c(F)c1)C(C)=O.COC(=O)/C(C(C)=O)=C(/C)c1ccc(F)c(F)c1.COC(=O)C(C(C)=O)C(C)c1ccc(F)c(F)c1.COC(=O)C1=C(C)NC(c2nccs2)=NC1(C)c1ccc(F)c(F)c1.COC(=O)CC(C)=O.CSF.N=C(N)c1nccs1.O=Cc1ccc(F)c(F)c1.[CH3-].[Cu+].[Li].[V]. The Morgan fingerprint density at radius 2 is 1.07 bits per heavy atom. The van der Waals surface area contributed by atoms with E-state index in [1.54, 1.807) is 43.9 Å². The molecule has 0 aliphatic carbocycles. The number of amidine groups is 2. The van der Waals surface area contributed by atoms with Crippen LogP contribution in [0.25, 0.3) is 11.6 Å². The van der Waals surface area contributed by atoms with Gasteiger partial charge in [0, 0.05) is 96.2 Å². The standard InChI is InChI=1S/C17H15F2N3O2S.C13H14F2O3.C13H12F2O3.C12H10F2O3.C7H4F2O.C5H8O3.C4H5N3S.C3H5I3.C3H6I2.C3H7I.C3H6I.C2H5I.CH3FS.CH4.CH3.Cu.Li.V/c1-9-13(16(23)24-3)17(2,10-4-5-11(18)12(19)8-10)22-14(21-9)15-20-6-7-25-15;2*1-7(12(8(2)16)13(17)18-3)9-4-5-10(14)11(15)6-9;1-7(15)9(12(16)17-2)5-8-3-4-10(13)11(14)6-8;8-6-2-1-5(4-10)3-7(6)9;1-4(6)3-5(7)8-2;5-3(6)4-7-1-2-8-4;1-2-3(4,5)6;1-2-3(4)5;2*1-2-3-4;1-2-3;1-3-2;;;;;/h4-8H,1-3H3,(H,21,22);4-7,12H,1-3H3;4-6H,1-3H3;3-6H,1-2H3;1-4H;3H2,1-2H3;1-2H,(H3,5,6);2H2,1H3;3H,2H2,1H3;2-3H2,1H3;3H,2H2,1H3;2H2,1H3;1H3;1H4;1H3;;;/q;;;;;;;;;;-1;;;;-1;+1;;/b;;12-7-;9-5-;;;;;;;;;;;;;;. The fourth-order valence-electron chi connectivity index (χ4n) is 8.59. The summed E-state index contributed by atoms with van der Waals surface area (Å²) in [7, 11) is 5.96. The molecule has 21 nitrogen and oxygen atoms in total. The van der Waals surface area contributed by atoms with Crippen LogP contribution in [0.5, 0.6) is 0 Å². The number of aldehydes is 1. The molecule has 0 fully saturated rings. The van der Waals surface area contributed by atoms with Gasteiger partial charge in [-0.25, -0.2) is 73.2 Å². The third-order valence-electron chi connectivity index (χ3n) is 14.8. The molecule has 8 rings (SSSR count). The van der Waals surface area contributed by atoms with Crippen LogP contribution in [0, 0.1) is 81.4 Å². The third kappa shape index (κ3) is 64.7. The van der Waals surface area contributed by atoms with Gasteiger partial charge in [-0.3, -0.25) is 43.4 Å². The van der Waals surface area contributed by atoms with Crippen LogP contribution in [0.4, 0.5) is 47.8 Å². The summed E-state index contributed by atoms with van der Waals surface area (Å²) in [5.74, 6) is -16.0. The fourth-order valence-corrected chi connectivity index (χ4v) is 9.67. The normalized spacial score (nSPS) is 12.0. The number of alkyl halides is 7. The molecule has 0 saturated carbocycles. The number of Topliss-reactive ketones (excluding diaryl/α,β-unsaturated/α-hetero) is 4. The van der Waals surface area contributed by atoms with Gasteiger partial charge in [-0.15, -0.1) is 22.7 Å². The molecule has 0 amide bonds. The molecule has 748 valence electrons. The van der Waals surface area contributed by atoms with Gasteiger partial charge in [-0.2, -0.15) is 10.3 Å². The molecule has 3 heterocycles. The van der Waals surface area contributed by atoms with E-state index in [-0.39, 0.29) is 144 Å². The molecule has 7 aromatic rings. The number of allylic oxidation sites excluding steroid dienone is 2. The second-order valence-corrected chi connectivity index (χ2v) is 47.3. The number of hydrogen-bond donors (Lipinski definition) is 3. The van der Waals surface area contributed by atoms with Gasteiger partial charge in [-0.05, 0) is 177 Å². The Balaban J connectivity index is -0.000000163. The predicted octanol–water partition coefficient (Wildman–Crippen LogP) is 25.7. The molecule has 2 aromatic heterocycles. The van der Waals surface area contributed by atoms with Crippen molar-refractivity contribution in [3.05, 3.63) is 244 Å². The van der Waals surface area contributed by atoms with Gasteiger partial charge in [0.25, 0.3) is 0 Å². The van der Waals surface area contributed by atoms with Crippen LogP contribution in [-0.4, -0.2) is 152 Å². The van der Waals surface area contributed by atoms with Crippen molar-refractivity contribution in [1.29, 1.82) is 5.41 Å². The first-order valence-corrected chi connectivity index (χ1v) is 50.0. The van der Waals surface area contributed by atoms with Gasteiger partial charge in [0.2, 0.25) is 0 Å². The quantitative estimate of drug-likeness (QED) is 0.00480. The molecule has 0 saturated heterocycles. The molecule has 5 aromatic carbocycles. The van der Waals surface area contributed by atoms with E-state index in [2.05, 4.69) is 259 Å². The number of hydrogen-bond acceptors (Lipinski definition) is 23. The van der Waals surface area contributed by atoms with E-state index in [9.17, 15) is 95.7 Å². The van der Waals surface area contributed by atoms with Crippen LogP contribution in [-0.2, 0) is 108 Å². The molecule has 134 heavy (non-hydrogen) atoms. The first kappa shape index (κ1) is 151. The largest absolute Gasteiger partial charge is 1.00 e. The first-order valence-electron chi connectivity index (χ1n) is 37.1. The van der Waals surface area contributed by atoms with Crippen LogP contribution in [0.3, 0.4) is 0 Å². The molecule has 0 spiro atoms. The van der Waals surface area contributed by atoms with E-state index in [4.69, 9.17) is 15.9 Å². The number of methoxy groups -OCH3 is 5. The Kier molecular flexibility index (Phi) is 96.7. The number of rotatable bonds is 21. The number of benzene rings is 5. The van der Waals surface area contributed by atoms with Gasteiger partial charge in [0.15, 0.2) is 91.4 Å². The maximum absolute atomic E-state index is 13.8. The van der Waals surface area contributed by atoms with Crippen molar-refractivity contribution < 1.29 is 155 Å². The smallest absolute Gasteiger partial charge is 0.469 e. The number of halogens is 19. The van der Waals surface area contributed by atoms with E-state index >= 15 is 0 Å². The van der Waals surface area contributed by atoms with Gasteiger partial charge >= 0.3 is 46.9 Å². The fraction of sp³-hybridized carbons (Fsp3) is 0.364. The molecule has 3 atom stereocenters. The molecule has 1 aliphatic heterocycles. The maximum Gasteiger partial charge on any atom is 1.00 e. The van der Waals surface area contributed by atoms with Crippen LogP contribution in [0.15, 0.2) is 142 Å². The minimum Gasteiger partial charge on any atom is -0.469 e. The number of aliphatic imine (C=N–C) groups is 1. The molecular formula is C88H107CuF11I8LiN6O15S3V-. The van der Waals surface area contributed by atoms with E-state index in [1.807, 2.05) is 0 Å². The van der Waals surface area contributed by atoms with Crippen LogP contribution < -0.4 is 11.1 Å². The summed E-state index contributed by atoms with van der Waals surface area (Å²) in [5.41, 5.74) is 5.73. The molecule has 2 radical (unpaired) electrons. The molecule has 1 aliphatic rings. The summed E-state index contributed by atoms with van der Waals surface area (Å²) >= 11 is 21.9. The van der Waals surface area contributed by atoms with Crippen molar-refractivity contribution in [2.75, 3.05) is 50.7 Å². The molecule has 46 heteroatoms. The zero-order valence-electron chi connectivity index (χ0n) is 76.1. The van der Waals surface area contributed by atoms with Crippen molar-refractivity contribution in [2.24, 2.45) is 16.6 Å². The zero-order chi connectivity index (χ0) is 101. The number of carbonyl (C=O) groups is 10. The van der Waals surface area contributed by atoms with Crippen molar-refractivity contribution >= 4 is 317 Å². The number of aromatic nitrogens is 2. The van der Waals surface area contributed by atoms with Gasteiger partial charge in [0.05, 0.1) is 43.1 Å². The number of carbonyl (C=O) groups excluding carboxylic acids is 10. The maximum atomic E-state index is 13.8. The Labute approximate surface area is 934 Å². The number of ketones is 4. The Morgan fingerprint density at radius 1 is 0.657 bits per heavy atom. The minimum absolute atomic E-state index is 0. The second-order valence-electron chi connectivity index (χ2n) is 24.6. The van der Waals surface area contributed by atoms with Crippen LogP contribution in [0.1, 0.15) is 178 Å².